The predicted octanol–water partition coefficient (Wildman–Crippen LogP) is 5.12. The lowest BCUT2D eigenvalue weighted by Crippen LogP contribution is -2.12. The Balaban J connectivity index is 1.95. The summed E-state index contributed by atoms with van der Waals surface area (Å²) in [5.41, 5.74) is 4.80. The molecule has 1 heterocycles. The first-order chi connectivity index (χ1) is 10.3. The molecule has 21 heavy (non-hydrogen) atoms. The van der Waals surface area contributed by atoms with Gasteiger partial charge in [-0.15, -0.1) is 0 Å². The zero-order valence-electron chi connectivity index (χ0n) is 11.8. The van der Waals surface area contributed by atoms with E-state index >= 15 is 0 Å². The van der Waals surface area contributed by atoms with Crippen LogP contribution in [0.5, 0.6) is 11.5 Å². The molecule has 4 rings (SSSR count). The van der Waals surface area contributed by atoms with Gasteiger partial charge in [-0.2, -0.15) is 0 Å². The zero-order valence-corrected chi connectivity index (χ0v) is 11.8. The highest BCUT2D eigenvalue weighted by atomic mass is 16.5. The van der Waals surface area contributed by atoms with Crippen molar-refractivity contribution in [3.8, 4) is 11.5 Å². The molecule has 0 spiro atoms. The maximum absolute atomic E-state index is 6.03. The first-order valence-electron chi connectivity index (χ1n) is 7.13. The topological polar surface area (TPSA) is 9.23 Å². The highest BCUT2D eigenvalue weighted by Gasteiger charge is 2.28. The molecule has 0 unspecified atom stereocenters. The van der Waals surface area contributed by atoms with Gasteiger partial charge in [0.15, 0.2) is 0 Å². The van der Waals surface area contributed by atoms with Crippen LogP contribution in [0.4, 0.5) is 0 Å². The summed E-state index contributed by atoms with van der Waals surface area (Å²) in [5, 5.41) is 0. The van der Waals surface area contributed by atoms with Gasteiger partial charge in [-0.1, -0.05) is 66.2 Å². The van der Waals surface area contributed by atoms with Crippen LogP contribution in [0.1, 0.15) is 22.3 Å². The van der Waals surface area contributed by atoms with Gasteiger partial charge in [0.05, 0.1) is 5.92 Å². The van der Waals surface area contributed by atoms with Gasteiger partial charge >= 0.3 is 0 Å². The van der Waals surface area contributed by atoms with Crippen LogP contribution in [-0.4, -0.2) is 0 Å². The second-order valence-corrected chi connectivity index (χ2v) is 5.34. The van der Waals surface area contributed by atoms with E-state index in [0.717, 1.165) is 22.6 Å². The number of hydrogen-bond donors (Lipinski definition) is 0. The molecule has 0 saturated carbocycles. The van der Waals surface area contributed by atoms with Crippen LogP contribution >= 0.6 is 0 Å². The van der Waals surface area contributed by atoms with E-state index in [-0.39, 0.29) is 0 Å². The standard InChI is InChI=1S/C20H15O/c1-14-10-12-15(13-11-14)20-16-6-2-4-8-18(16)21-19-9-5-3-7-17(19)20/h2-13H,1H3. The monoisotopic (exact) mass is 271 g/mol. The molecule has 3 aromatic carbocycles. The SMILES string of the molecule is Cc1ccc([C]2c3ccccc3Oc3ccccc32)cc1. The fourth-order valence-corrected chi connectivity index (χ4v) is 2.82. The summed E-state index contributed by atoms with van der Waals surface area (Å²) in [4.78, 5) is 0. The van der Waals surface area contributed by atoms with Gasteiger partial charge in [0.1, 0.15) is 11.5 Å². The van der Waals surface area contributed by atoms with E-state index in [0.29, 0.717) is 0 Å². The largest absolute Gasteiger partial charge is 0.457 e. The number of benzene rings is 3. The molecule has 0 amide bonds. The highest BCUT2D eigenvalue weighted by Crippen LogP contribution is 2.46. The minimum atomic E-state index is 0.923. The van der Waals surface area contributed by atoms with Gasteiger partial charge < -0.3 is 4.74 Å². The van der Waals surface area contributed by atoms with Crippen LogP contribution in [-0.2, 0) is 0 Å². The molecule has 1 heteroatoms. The number of para-hydroxylation sites is 2. The van der Waals surface area contributed by atoms with Gasteiger partial charge in [-0.25, -0.2) is 0 Å². The van der Waals surface area contributed by atoms with Crippen LogP contribution in [0.2, 0.25) is 0 Å². The summed E-state index contributed by atoms with van der Waals surface area (Å²) in [6, 6.07) is 25.1. The van der Waals surface area contributed by atoms with E-state index in [9.17, 15) is 0 Å². The average molecular weight is 271 g/mol. The van der Waals surface area contributed by atoms with Crippen molar-refractivity contribution < 1.29 is 4.74 Å². The van der Waals surface area contributed by atoms with Crippen LogP contribution < -0.4 is 4.74 Å². The molecule has 0 aromatic heterocycles. The van der Waals surface area contributed by atoms with Crippen LogP contribution in [0, 0.1) is 12.8 Å². The van der Waals surface area contributed by atoms with Crippen molar-refractivity contribution in [2.24, 2.45) is 0 Å². The number of aryl methyl sites for hydroxylation is 1. The van der Waals surface area contributed by atoms with E-state index in [1.54, 1.807) is 0 Å². The fourth-order valence-electron chi connectivity index (χ4n) is 2.82. The number of rotatable bonds is 1. The first-order valence-corrected chi connectivity index (χ1v) is 7.13. The minimum absolute atomic E-state index is 0.923. The van der Waals surface area contributed by atoms with E-state index in [2.05, 4.69) is 55.5 Å². The lowest BCUT2D eigenvalue weighted by molar-refractivity contribution is 0.465. The highest BCUT2D eigenvalue weighted by molar-refractivity contribution is 5.68. The molecular weight excluding hydrogens is 256 g/mol. The Morgan fingerprint density at radius 3 is 1.71 bits per heavy atom. The van der Waals surface area contributed by atoms with E-state index in [1.165, 1.54) is 17.0 Å². The lowest BCUT2D eigenvalue weighted by atomic mass is 9.82. The van der Waals surface area contributed by atoms with Crippen molar-refractivity contribution >= 4 is 0 Å². The van der Waals surface area contributed by atoms with Gasteiger partial charge in [0.25, 0.3) is 0 Å². The molecule has 1 nitrogen and oxygen atoms in total. The summed E-state index contributed by atoms with van der Waals surface area (Å²) in [6.45, 7) is 2.11. The molecule has 101 valence electrons. The molecule has 0 aliphatic carbocycles. The molecular formula is C20H15O. The first kappa shape index (κ1) is 12.2. The summed E-state index contributed by atoms with van der Waals surface area (Å²) in [5.74, 6) is 3.09. The number of fused-ring (bicyclic) bond motifs is 2. The van der Waals surface area contributed by atoms with Gasteiger partial charge in [0.2, 0.25) is 0 Å². The van der Waals surface area contributed by atoms with Gasteiger partial charge in [-0.3, -0.25) is 0 Å². The molecule has 0 bridgehead atoms. The Kier molecular flexibility index (Phi) is 2.78. The smallest absolute Gasteiger partial charge is 0.131 e. The van der Waals surface area contributed by atoms with Crippen molar-refractivity contribution in [1.82, 2.24) is 0 Å². The normalized spacial score (nSPS) is 13.2. The Morgan fingerprint density at radius 1 is 0.619 bits per heavy atom. The van der Waals surface area contributed by atoms with Crippen molar-refractivity contribution in [3.05, 3.63) is 101 Å². The third-order valence-electron chi connectivity index (χ3n) is 3.87. The Morgan fingerprint density at radius 2 is 1.14 bits per heavy atom. The summed E-state index contributed by atoms with van der Waals surface area (Å²) in [6.07, 6.45) is 0. The maximum atomic E-state index is 6.03. The van der Waals surface area contributed by atoms with E-state index in [4.69, 9.17) is 4.74 Å². The Bertz CT molecular complexity index is 741. The third-order valence-corrected chi connectivity index (χ3v) is 3.87. The molecule has 0 saturated heterocycles. The molecule has 3 aromatic rings. The quantitative estimate of drug-likeness (QED) is 0.467. The van der Waals surface area contributed by atoms with Crippen LogP contribution in [0.25, 0.3) is 0 Å². The molecule has 0 atom stereocenters. The van der Waals surface area contributed by atoms with Gasteiger partial charge in [0, 0.05) is 11.1 Å². The Hall–Kier alpha value is -2.54. The van der Waals surface area contributed by atoms with Crippen molar-refractivity contribution in [1.29, 1.82) is 0 Å². The second-order valence-electron chi connectivity index (χ2n) is 5.34. The molecule has 1 aliphatic rings. The van der Waals surface area contributed by atoms with Crippen molar-refractivity contribution in [3.63, 3.8) is 0 Å². The van der Waals surface area contributed by atoms with E-state index < -0.39 is 0 Å². The zero-order chi connectivity index (χ0) is 14.2. The predicted molar refractivity (Wildman–Crippen MR) is 84.7 cm³/mol. The fraction of sp³-hybridized carbons (Fsp3) is 0.0500. The molecule has 0 fully saturated rings. The van der Waals surface area contributed by atoms with Crippen LogP contribution in [0.3, 0.4) is 0 Å². The lowest BCUT2D eigenvalue weighted by Gasteiger charge is -2.28. The van der Waals surface area contributed by atoms with Gasteiger partial charge in [-0.05, 0) is 24.6 Å². The Labute approximate surface area is 124 Å². The number of hydrogen-bond acceptors (Lipinski definition) is 1. The molecule has 1 aliphatic heterocycles. The maximum Gasteiger partial charge on any atom is 0.131 e. The summed E-state index contributed by atoms with van der Waals surface area (Å²) in [7, 11) is 0. The average Bonchev–Trinajstić information content (AvgIpc) is 2.53. The second kappa shape index (κ2) is 4.78. The molecule has 0 N–H and O–H groups in total. The van der Waals surface area contributed by atoms with Crippen LogP contribution in [0.15, 0.2) is 72.8 Å². The van der Waals surface area contributed by atoms with E-state index in [1.807, 2.05) is 24.3 Å². The number of ether oxygens (including phenoxy) is 1. The minimum Gasteiger partial charge on any atom is -0.457 e. The van der Waals surface area contributed by atoms with Crippen molar-refractivity contribution in [2.45, 2.75) is 6.92 Å². The van der Waals surface area contributed by atoms with Crippen molar-refractivity contribution in [2.75, 3.05) is 0 Å². The summed E-state index contributed by atoms with van der Waals surface area (Å²) >= 11 is 0. The summed E-state index contributed by atoms with van der Waals surface area (Å²) < 4.78 is 6.03. The third kappa shape index (κ3) is 2.02. The molecule has 1 radical (unpaired) electrons.